The first-order valence-corrected chi connectivity index (χ1v) is 6.98. The van der Waals surface area contributed by atoms with Crippen molar-refractivity contribution in [3.8, 4) is 0 Å². The fourth-order valence-corrected chi connectivity index (χ4v) is 2.42. The number of tetrazole rings is 1. The molecule has 10 heteroatoms. The quantitative estimate of drug-likeness (QED) is 0.792. The highest BCUT2D eigenvalue weighted by Gasteiger charge is 2.18. The molecule has 0 unspecified atom stereocenters. The Balaban J connectivity index is 2.03. The Morgan fingerprint density at radius 2 is 2.19 bits per heavy atom. The number of carbonyl (C=O) groups excluding carboxylic acids is 2. The Bertz CT molecular complexity index is 665. The topological polar surface area (TPSA) is 112 Å². The zero-order valence-corrected chi connectivity index (χ0v) is 12.6. The summed E-state index contributed by atoms with van der Waals surface area (Å²) in [6.45, 7) is 3.70. The van der Waals surface area contributed by atoms with Crippen LogP contribution in [0, 0.1) is 6.92 Å². The van der Waals surface area contributed by atoms with Gasteiger partial charge < -0.3 is 10.1 Å². The van der Waals surface area contributed by atoms with Crippen molar-refractivity contribution in [1.29, 1.82) is 0 Å². The standard InChI is InChI=1S/C11H14N6O3S/c1-4-20-10(19)9-6(2)12-11(21-9)13-8(18)5-7-14-15-16-17(7)3/h4-5H2,1-3H3,(H,12,13,18). The SMILES string of the molecule is CCOC(=O)c1sc(NC(=O)Cc2nnnn2C)nc1C. The van der Waals surface area contributed by atoms with Crippen LogP contribution in [-0.2, 0) is 23.0 Å². The molecule has 0 atom stereocenters. The Hall–Kier alpha value is -2.36. The van der Waals surface area contributed by atoms with Crippen molar-refractivity contribution >= 4 is 28.3 Å². The molecule has 21 heavy (non-hydrogen) atoms. The normalized spacial score (nSPS) is 10.4. The van der Waals surface area contributed by atoms with Gasteiger partial charge >= 0.3 is 5.97 Å². The fraction of sp³-hybridized carbons (Fsp3) is 0.455. The number of carbonyl (C=O) groups is 2. The van der Waals surface area contributed by atoms with Gasteiger partial charge in [-0.05, 0) is 24.3 Å². The van der Waals surface area contributed by atoms with E-state index in [4.69, 9.17) is 4.74 Å². The van der Waals surface area contributed by atoms with Gasteiger partial charge in [0.15, 0.2) is 11.0 Å². The minimum absolute atomic E-state index is 0.0247. The number of aromatic nitrogens is 5. The molecule has 2 heterocycles. The van der Waals surface area contributed by atoms with Crippen LogP contribution in [0.1, 0.15) is 28.1 Å². The summed E-state index contributed by atoms with van der Waals surface area (Å²) in [5.41, 5.74) is 0.522. The molecule has 2 aromatic rings. The molecule has 0 spiro atoms. The molecule has 2 aromatic heterocycles. The van der Waals surface area contributed by atoms with E-state index in [-0.39, 0.29) is 18.9 Å². The lowest BCUT2D eigenvalue weighted by Gasteiger charge is -2.00. The summed E-state index contributed by atoms with van der Waals surface area (Å²) in [5, 5.41) is 13.8. The minimum Gasteiger partial charge on any atom is -0.462 e. The van der Waals surface area contributed by atoms with E-state index < -0.39 is 5.97 Å². The molecule has 0 bridgehead atoms. The third-order valence-corrected chi connectivity index (χ3v) is 3.58. The van der Waals surface area contributed by atoms with Gasteiger partial charge in [-0.1, -0.05) is 11.3 Å². The number of nitrogens with one attached hydrogen (secondary N) is 1. The van der Waals surface area contributed by atoms with E-state index in [1.807, 2.05) is 0 Å². The monoisotopic (exact) mass is 310 g/mol. The predicted octanol–water partition coefficient (Wildman–Crippen LogP) is 0.333. The smallest absolute Gasteiger partial charge is 0.350 e. The highest BCUT2D eigenvalue weighted by molar-refractivity contribution is 7.17. The molecule has 0 aliphatic rings. The van der Waals surface area contributed by atoms with Gasteiger partial charge in [0.2, 0.25) is 5.91 Å². The van der Waals surface area contributed by atoms with Gasteiger partial charge in [-0.15, -0.1) is 5.10 Å². The van der Waals surface area contributed by atoms with Crippen LogP contribution < -0.4 is 5.32 Å². The van der Waals surface area contributed by atoms with E-state index in [9.17, 15) is 9.59 Å². The predicted molar refractivity (Wildman–Crippen MR) is 73.9 cm³/mol. The largest absolute Gasteiger partial charge is 0.462 e. The molecule has 2 rings (SSSR count). The molecule has 0 saturated heterocycles. The Morgan fingerprint density at radius 3 is 2.81 bits per heavy atom. The second-order valence-electron chi connectivity index (χ2n) is 4.10. The van der Waals surface area contributed by atoms with Gasteiger partial charge in [0, 0.05) is 7.05 Å². The number of rotatable bonds is 5. The number of esters is 1. The first-order chi connectivity index (χ1) is 10.0. The van der Waals surface area contributed by atoms with Crippen LogP contribution in [0.3, 0.4) is 0 Å². The minimum atomic E-state index is -0.439. The molecule has 112 valence electrons. The van der Waals surface area contributed by atoms with Crippen LogP contribution in [0.5, 0.6) is 0 Å². The third kappa shape index (κ3) is 3.60. The third-order valence-electron chi connectivity index (χ3n) is 2.53. The number of thiazole rings is 1. The van der Waals surface area contributed by atoms with Crippen LogP contribution in [0.2, 0.25) is 0 Å². The molecule has 0 radical (unpaired) electrons. The summed E-state index contributed by atoms with van der Waals surface area (Å²) in [4.78, 5) is 28.1. The molecule has 1 amide bonds. The van der Waals surface area contributed by atoms with Gasteiger partial charge in [0.1, 0.15) is 4.88 Å². The average molecular weight is 310 g/mol. The second-order valence-corrected chi connectivity index (χ2v) is 5.10. The average Bonchev–Trinajstić information content (AvgIpc) is 2.97. The molecule has 0 aliphatic heterocycles. The van der Waals surface area contributed by atoms with Gasteiger partial charge in [-0.3, -0.25) is 4.79 Å². The Labute approximate surface area is 124 Å². The highest BCUT2D eigenvalue weighted by atomic mass is 32.1. The number of aryl methyl sites for hydroxylation is 2. The summed E-state index contributed by atoms with van der Waals surface area (Å²) in [7, 11) is 1.65. The van der Waals surface area contributed by atoms with E-state index in [0.717, 1.165) is 11.3 Å². The maximum atomic E-state index is 11.9. The van der Waals surface area contributed by atoms with Crippen LogP contribution >= 0.6 is 11.3 Å². The van der Waals surface area contributed by atoms with Crippen molar-refractivity contribution in [3.63, 3.8) is 0 Å². The molecular formula is C11H14N6O3S. The van der Waals surface area contributed by atoms with Gasteiger partial charge in [0.05, 0.1) is 18.7 Å². The van der Waals surface area contributed by atoms with Gasteiger partial charge in [-0.25, -0.2) is 14.5 Å². The van der Waals surface area contributed by atoms with Gasteiger partial charge in [0.25, 0.3) is 0 Å². The van der Waals surface area contributed by atoms with Crippen LogP contribution in [-0.4, -0.2) is 43.7 Å². The maximum absolute atomic E-state index is 11.9. The van der Waals surface area contributed by atoms with Crippen molar-refractivity contribution in [2.45, 2.75) is 20.3 Å². The summed E-state index contributed by atoms with van der Waals surface area (Å²) in [6.07, 6.45) is 0.0247. The molecule has 0 aromatic carbocycles. The molecule has 0 fully saturated rings. The summed E-state index contributed by atoms with van der Waals surface area (Å²) in [6, 6.07) is 0. The van der Waals surface area contributed by atoms with E-state index >= 15 is 0 Å². The first kappa shape index (κ1) is 15.0. The summed E-state index contributed by atoms with van der Waals surface area (Å²) in [5.74, 6) is -0.311. The lowest BCUT2D eigenvalue weighted by atomic mass is 10.4. The first-order valence-electron chi connectivity index (χ1n) is 6.17. The van der Waals surface area contributed by atoms with Crippen LogP contribution in [0.15, 0.2) is 0 Å². The zero-order valence-electron chi connectivity index (χ0n) is 11.8. The molecule has 0 aliphatic carbocycles. The molecular weight excluding hydrogens is 296 g/mol. The van der Waals surface area contributed by atoms with Crippen molar-refractivity contribution < 1.29 is 14.3 Å². The molecule has 1 N–H and O–H groups in total. The number of amides is 1. The van der Waals surface area contributed by atoms with Crippen molar-refractivity contribution in [3.05, 3.63) is 16.4 Å². The van der Waals surface area contributed by atoms with E-state index in [1.54, 1.807) is 20.9 Å². The maximum Gasteiger partial charge on any atom is 0.350 e. The number of ether oxygens (including phenoxy) is 1. The zero-order chi connectivity index (χ0) is 15.4. The van der Waals surface area contributed by atoms with E-state index in [1.165, 1.54) is 4.68 Å². The number of hydrogen-bond acceptors (Lipinski definition) is 8. The van der Waals surface area contributed by atoms with Crippen LogP contribution in [0.25, 0.3) is 0 Å². The van der Waals surface area contributed by atoms with Crippen molar-refractivity contribution in [2.24, 2.45) is 7.05 Å². The van der Waals surface area contributed by atoms with E-state index in [2.05, 4.69) is 25.8 Å². The van der Waals surface area contributed by atoms with Crippen LogP contribution in [0.4, 0.5) is 5.13 Å². The van der Waals surface area contributed by atoms with E-state index in [0.29, 0.717) is 21.5 Å². The number of nitrogens with zero attached hydrogens (tertiary/aromatic N) is 5. The number of anilines is 1. The lowest BCUT2D eigenvalue weighted by Crippen LogP contribution is -2.17. The fourth-order valence-electron chi connectivity index (χ4n) is 1.54. The molecule has 0 saturated carbocycles. The van der Waals surface area contributed by atoms with Crippen molar-refractivity contribution in [2.75, 3.05) is 11.9 Å². The number of hydrogen-bond donors (Lipinski definition) is 1. The molecule has 9 nitrogen and oxygen atoms in total. The summed E-state index contributed by atoms with van der Waals surface area (Å²) >= 11 is 1.08. The highest BCUT2D eigenvalue weighted by Crippen LogP contribution is 2.23. The second kappa shape index (κ2) is 6.39. The van der Waals surface area contributed by atoms with Gasteiger partial charge in [-0.2, -0.15) is 0 Å². The van der Waals surface area contributed by atoms with Crippen molar-refractivity contribution in [1.82, 2.24) is 25.2 Å². The Kier molecular flexibility index (Phi) is 4.58. The lowest BCUT2D eigenvalue weighted by molar-refractivity contribution is -0.115. The summed E-state index contributed by atoms with van der Waals surface area (Å²) < 4.78 is 6.33. The Morgan fingerprint density at radius 1 is 1.43 bits per heavy atom.